The number of aromatic amines is 1. The molecule has 0 saturated carbocycles. The Morgan fingerprint density at radius 1 is 1.11 bits per heavy atom. The van der Waals surface area contributed by atoms with E-state index in [1.165, 1.54) is 0 Å². The molecule has 3 rings (SSSR count). The zero-order chi connectivity index (χ0) is 19.2. The van der Waals surface area contributed by atoms with Crippen LogP contribution in [0.25, 0.3) is 10.9 Å². The minimum Gasteiger partial charge on any atom is -0.497 e. The Labute approximate surface area is 156 Å². The Balaban J connectivity index is 1.69. The van der Waals surface area contributed by atoms with Gasteiger partial charge in [-0.05, 0) is 48.9 Å². The second kappa shape index (κ2) is 8.27. The van der Waals surface area contributed by atoms with Crippen LogP contribution in [-0.4, -0.2) is 37.9 Å². The standard InChI is InChI=1S/C20H21N3O4/c1-4-27-18-8-5-13(9-19(18)26-3)12-21-23-20(24)17-10-14-6-7-15(25-2)11-16(14)22-17/h5-12,22H,4H2,1-3H3,(H,23,24). The molecule has 0 atom stereocenters. The number of methoxy groups -OCH3 is 2. The van der Waals surface area contributed by atoms with Gasteiger partial charge in [-0.15, -0.1) is 0 Å². The van der Waals surface area contributed by atoms with Gasteiger partial charge in [-0.1, -0.05) is 0 Å². The summed E-state index contributed by atoms with van der Waals surface area (Å²) in [6.07, 6.45) is 1.54. The number of rotatable bonds is 7. The van der Waals surface area contributed by atoms with Crippen molar-refractivity contribution in [3.05, 3.63) is 53.7 Å². The third-order valence-electron chi connectivity index (χ3n) is 3.94. The van der Waals surface area contributed by atoms with E-state index in [0.29, 0.717) is 23.8 Å². The predicted octanol–water partition coefficient (Wildman–Crippen LogP) is 3.35. The van der Waals surface area contributed by atoms with Crippen molar-refractivity contribution in [1.82, 2.24) is 10.4 Å². The number of hydrazone groups is 1. The number of ether oxygens (including phenoxy) is 3. The molecule has 1 aromatic heterocycles. The molecule has 0 spiro atoms. The minimum atomic E-state index is -0.334. The van der Waals surface area contributed by atoms with E-state index in [-0.39, 0.29) is 5.91 Å². The molecule has 7 heteroatoms. The molecule has 0 aliphatic rings. The predicted molar refractivity (Wildman–Crippen MR) is 104 cm³/mol. The molecule has 2 aromatic carbocycles. The molecule has 0 saturated heterocycles. The SMILES string of the molecule is CCOc1ccc(C=NNC(=O)c2cc3ccc(OC)cc3[nH]2)cc1OC. The van der Waals surface area contributed by atoms with Gasteiger partial charge in [0.15, 0.2) is 11.5 Å². The van der Waals surface area contributed by atoms with Crippen molar-refractivity contribution in [1.29, 1.82) is 0 Å². The molecule has 1 heterocycles. The number of fused-ring (bicyclic) bond motifs is 1. The number of nitrogens with zero attached hydrogens (tertiary/aromatic N) is 1. The molecule has 7 nitrogen and oxygen atoms in total. The molecule has 3 aromatic rings. The zero-order valence-electron chi connectivity index (χ0n) is 15.4. The molecule has 0 aliphatic carbocycles. The number of amides is 1. The van der Waals surface area contributed by atoms with Crippen LogP contribution in [-0.2, 0) is 0 Å². The summed E-state index contributed by atoms with van der Waals surface area (Å²) in [5, 5.41) is 4.93. The summed E-state index contributed by atoms with van der Waals surface area (Å²) in [6, 6.07) is 12.7. The van der Waals surface area contributed by atoms with Crippen molar-refractivity contribution in [3.63, 3.8) is 0 Å². The molecule has 1 amide bonds. The number of hydrogen-bond acceptors (Lipinski definition) is 5. The number of benzene rings is 2. The zero-order valence-corrected chi connectivity index (χ0v) is 15.4. The van der Waals surface area contributed by atoms with Crippen molar-refractivity contribution >= 4 is 23.0 Å². The fraction of sp³-hybridized carbons (Fsp3) is 0.200. The summed E-state index contributed by atoms with van der Waals surface area (Å²) in [7, 11) is 3.17. The molecule has 27 heavy (non-hydrogen) atoms. The first kappa shape index (κ1) is 18.3. The maximum absolute atomic E-state index is 12.3. The van der Waals surface area contributed by atoms with Crippen LogP contribution >= 0.6 is 0 Å². The van der Waals surface area contributed by atoms with Gasteiger partial charge in [-0.2, -0.15) is 5.10 Å². The molecule has 140 valence electrons. The summed E-state index contributed by atoms with van der Waals surface area (Å²) >= 11 is 0. The number of carbonyl (C=O) groups excluding carboxylic acids is 1. The van der Waals surface area contributed by atoms with Gasteiger partial charge in [0.1, 0.15) is 11.4 Å². The number of aromatic nitrogens is 1. The lowest BCUT2D eigenvalue weighted by atomic mass is 10.2. The first-order valence-corrected chi connectivity index (χ1v) is 8.45. The highest BCUT2D eigenvalue weighted by Gasteiger charge is 2.09. The smallest absolute Gasteiger partial charge is 0.287 e. The fourth-order valence-corrected chi connectivity index (χ4v) is 2.62. The summed E-state index contributed by atoms with van der Waals surface area (Å²) in [5.41, 5.74) is 4.52. The average Bonchev–Trinajstić information content (AvgIpc) is 3.12. The molecule has 2 N–H and O–H groups in total. The van der Waals surface area contributed by atoms with Crippen molar-refractivity contribution in [2.75, 3.05) is 20.8 Å². The van der Waals surface area contributed by atoms with E-state index in [0.717, 1.165) is 22.2 Å². The van der Waals surface area contributed by atoms with Gasteiger partial charge >= 0.3 is 0 Å². The number of hydrogen-bond donors (Lipinski definition) is 2. The van der Waals surface area contributed by atoms with E-state index in [9.17, 15) is 4.79 Å². The molecule has 0 fully saturated rings. The lowest BCUT2D eigenvalue weighted by molar-refractivity contribution is 0.0951. The number of nitrogens with one attached hydrogen (secondary N) is 2. The Morgan fingerprint density at radius 3 is 2.70 bits per heavy atom. The van der Waals surface area contributed by atoms with Crippen LogP contribution in [0.4, 0.5) is 0 Å². The second-order valence-corrected chi connectivity index (χ2v) is 5.68. The average molecular weight is 367 g/mol. The van der Waals surface area contributed by atoms with E-state index in [1.807, 2.05) is 31.2 Å². The molecule has 0 radical (unpaired) electrons. The Morgan fingerprint density at radius 2 is 1.96 bits per heavy atom. The minimum absolute atomic E-state index is 0.334. The Hall–Kier alpha value is -3.48. The van der Waals surface area contributed by atoms with Crippen LogP contribution in [0.3, 0.4) is 0 Å². The molecule has 0 aliphatic heterocycles. The van der Waals surface area contributed by atoms with Gasteiger partial charge in [-0.3, -0.25) is 4.79 Å². The highest BCUT2D eigenvalue weighted by Crippen LogP contribution is 2.27. The first-order valence-electron chi connectivity index (χ1n) is 8.45. The fourth-order valence-electron chi connectivity index (χ4n) is 2.62. The number of carbonyl (C=O) groups is 1. The maximum Gasteiger partial charge on any atom is 0.287 e. The summed E-state index contributed by atoms with van der Waals surface area (Å²) in [6.45, 7) is 2.46. The van der Waals surface area contributed by atoms with Gasteiger partial charge in [0, 0.05) is 17.0 Å². The first-order chi connectivity index (χ1) is 13.1. The van der Waals surface area contributed by atoms with Crippen molar-refractivity contribution in [3.8, 4) is 17.2 Å². The Kier molecular flexibility index (Phi) is 5.61. The summed E-state index contributed by atoms with van der Waals surface area (Å²) in [5.74, 6) is 1.66. The summed E-state index contributed by atoms with van der Waals surface area (Å²) in [4.78, 5) is 15.3. The highest BCUT2D eigenvalue weighted by atomic mass is 16.5. The Bertz CT molecular complexity index is 979. The monoisotopic (exact) mass is 367 g/mol. The van der Waals surface area contributed by atoms with E-state index < -0.39 is 0 Å². The molecular formula is C20H21N3O4. The van der Waals surface area contributed by atoms with Gasteiger partial charge in [0.2, 0.25) is 0 Å². The summed E-state index contributed by atoms with van der Waals surface area (Å²) < 4.78 is 16.0. The second-order valence-electron chi connectivity index (χ2n) is 5.68. The molecular weight excluding hydrogens is 346 g/mol. The van der Waals surface area contributed by atoms with Crippen LogP contribution in [0, 0.1) is 0 Å². The van der Waals surface area contributed by atoms with E-state index >= 15 is 0 Å². The van der Waals surface area contributed by atoms with Crippen molar-refractivity contribution < 1.29 is 19.0 Å². The largest absolute Gasteiger partial charge is 0.497 e. The van der Waals surface area contributed by atoms with Gasteiger partial charge in [0.25, 0.3) is 5.91 Å². The van der Waals surface area contributed by atoms with Crippen molar-refractivity contribution in [2.24, 2.45) is 5.10 Å². The molecule has 0 unspecified atom stereocenters. The lowest BCUT2D eigenvalue weighted by Gasteiger charge is -2.09. The third-order valence-corrected chi connectivity index (χ3v) is 3.94. The topological polar surface area (TPSA) is 84.9 Å². The van der Waals surface area contributed by atoms with Crippen molar-refractivity contribution in [2.45, 2.75) is 6.92 Å². The van der Waals surface area contributed by atoms with E-state index in [4.69, 9.17) is 14.2 Å². The van der Waals surface area contributed by atoms with Crippen LogP contribution in [0.15, 0.2) is 47.6 Å². The van der Waals surface area contributed by atoms with E-state index in [1.54, 1.807) is 38.6 Å². The van der Waals surface area contributed by atoms with Crippen LogP contribution in [0.2, 0.25) is 0 Å². The highest BCUT2D eigenvalue weighted by molar-refractivity contribution is 5.98. The van der Waals surface area contributed by atoms with Gasteiger partial charge < -0.3 is 19.2 Å². The van der Waals surface area contributed by atoms with Crippen LogP contribution in [0.5, 0.6) is 17.2 Å². The lowest BCUT2D eigenvalue weighted by Crippen LogP contribution is -2.17. The maximum atomic E-state index is 12.3. The quantitative estimate of drug-likeness (QED) is 0.495. The van der Waals surface area contributed by atoms with Gasteiger partial charge in [0.05, 0.1) is 27.0 Å². The van der Waals surface area contributed by atoms with E-state index in [2.05, 4.69) is 15.5 Å². The molecule has 0 bridgehead atoms. The number of H-pyrrole nitrogens is 1. The normalized spacial score (nSPS) is 10.9. The van der Waals surface area contributed by atoms with Gasteiger partial charge in [-0.25, -0.2) is 5.43 Å². The third kappa shape index (κ3) is 4.20. The van der Waals surface area contributed by atoms with Crippen LogP contribution < -0.4 is 19.6 Å². The van der Waals surface area contributed by atoms with Crippen LogP contribution in [0.1, 0.15) is 23.0 Å².